The third-order valence-electron chi connectivity index (χ3n) is 3.09. The molecule has 0 radical (unpaired) electrons. The van der Waals surface area contributed by atoms with Gasteiger partial charge in [-0.05, 0) is 42.8 Å². The van der Waals surface area contributed by atoms with Crippen molar-refractivity contribution in [1.29, 1.82) is 0 Å². The fourth-order valence-corrected chi connectivity index (χ4v) is 3.51. The first-order valence-electron chi connectivity index (χ1n) is 6.44. The van der Waals surface area contributed by atoms with Gasteiger partial charge in [-0.25, -0.2) is 12.8 Å². The highest BCUT2D eigenvalue weighted by Gasteiger charge is 2.27. The maximum Gasteiger partial charge on any atom is 0.264 e. The maximum atomic E-state index is 13.0. The lowest BCUT2D eigenvalue weighted by atomic mass is 10.2. The Morgan fingerprint density at radius 2 is 1.73 bits per heavy atom. The van der Waals surface area contributed by atoms with Crippen LogP contribution in [0, 0.1) is 12.7 Å². The molecule has 2 N–H and O–H groups in total. The molecule has 7 heteroatoms. The highest BCUT2D eigenvalue weighted by atomic mass is 32.2. The van der Waals surface area contributed by atoms with Gasteiger partial charge in [0.15, 0.2) is 0 Å². The van der Waals surface area contributed by atoms with Crippen LogP contribution in [0.25, 0.3) is 0 Å². The molecule has 0 aliphatic carbocycles. The van der Waals surface area contributed by atoms with Crippen molar-refractivity contribution in [2.75, 3.05) is 10.8 Å². The molecule has 0 fully saturated rings. The van der Waals surface area contributed by atoms with Gasteiger partial charge >= 0.3 is 0 Å². The van der Waals surface area contributed by atoms with Gasteiger partial charge in [-0.15, -0.1) is 0 Å². The number of hydrogen-bond donors (Lipinski definition) is 1. The maximum absolute atomic E-state index is 13.0. The first-order valence-corrected chi connectivity index (χ1v) is 7.88. The van der Waals surface area contributed by atoms with E-state index in [2.05, 4.69) is 0 Å². The number of halogens is 1. The first kappa shape index (κ1) is 16.0. The summed E-state index contributed by atoms with van der Waals surface area (Å²) in [5.74, 6) is -1.33. The number of anilines is 1. The monoisotopic (exact) mass is 322 g/mol. The standard InChI is InChI=1S/C15H15FN2O3S/c1-11-4-2-3-5-14(11)18(10-15(17)19)22(20,21)13-8-6-12(16)7-9-13/h2-9H,10H2,1H3,(H2,17,19). The molecule has 2 rings (SSSR count). The summed E-state index contributed by atoms with van der Waals surface area (Å²) in [4.78, 5) is 11.2. The van der Waals surface area contributed by atoms with Crippen molar-refractivity contribution in [3.63, 3.8) is 0 Å². The van der Waals surface area contributed by atoms with Crippen molar-refractivity contribution in [3.8, 4) is 0 Å². The lowest BCUT2D eigenvalue weighted by Crippen LogP contribution is -2.39. The van der Waals surface area contributed by atoms with E-state index in [1.165, 1.54) is 0 Å². The van der Waals surface area contributed by atoms with Crippen LogP contribution in [0.15, 0.2) is 53.4 Å². The van der Waals surface area contributed by atoms with E-state index in [1.807, 2.05) is 0 Å². The lowest BCUT2D eigenvalue weighted by molar-refractivity contribution is -0.116. The van der Waals surface area contributed by atoms with Gasteiger partial charge in [-0.2, -0.15) is 0 Å². The van der Waals surface area contributed by atoms with E-state index in [-0.39, 0.29) is 4.90 Å². The lowest BCUT2D eigenvalue weighted by Gasteiger charge is -2.24. The fourth-order valence-electron chi connectivity index (χ4n) is 2.02. The molecule has 0 bridgehead atoms. The van der Waals surface area contributed by atoms with E-state index >= 15 is 0 Å². The van der Waals surface area contributed by atoms with Gasteiger partial charge in [-0.3, -0.25) is 9.10 Å². The number of rotatable bonds is 5. The highest BCUT2D eigenvalue weighted by molar-refractivity contribution is 7.92. The second-order valence-electron chi connectivity index (χ2n) is 4.72. The molecule has 0 aromatic heterocycles. The van der Waals surface area contributed by atoms with Crippen LogP contribution in [0.4, 0.5) is 10.1 Å². The molecule has 1 amide bonds. The topological polar surface area (TPSA) is 80.5 Å². The van der Waals surface area contributed by atoms with Gasteiger partial charge in [0.1, 0.15) is 12.4 Å². The van der Waals surface area contributed by atoms with Gasteiger partial charge in [0, 0.05) is 0 Å². The molecular weight excluding hydrogens is 307 g/mol. The van der Waals surface area contributed by atoms with E-state index in [1.54, 1.807) is 31.2 Å². The number of nitrogens with two attached hydrogens (primary N) is 1. The van der Waals surface area contributed by atoms with Crippen molar-refractivity contribution in [3.05, 3.63) is 59.9 Å². The molecule has 0 heterocycles. The molecule has 116 valence electrons. The molecule has 22 heavy (non-hydrogen) atoms. The van der Waals surface area contributed by atoms with E-state index in [0.29, 0.717) is 11.3 Å². The predicted molar refractivity (Wildman–Crippen MR) is 81.3 cm³/mol. The molecule has 0 atom stereocenters. The SMILES string of the molecule is Cc1ccccc1N(CC(N)=O)S(=O)(=O)c1ccc(F)cc1. The Bertz CT molecular complexity index is 789. The van der Waals surface area contributed by atoms with Crippen molar-refractivity contribution in [1.82, 2.24) is 0 Å². The number of para-hydroxylation sites is 1. The quantitative estimate of drug-likeness (QED) is 0.911. The predicted octanol–water partition coefficient (Wildman–Crippen LogP) is 1.81. The molecule has 0 aliphatic heterocycles. The van der Waals surface area contributed by atoms with Crippen LogP contribution in [0.5, 0.6) is 0 Å². The Balaban J connectivity index is 2.56. The molecule has 0 saturated carbocycles. The Morgan fingerprint density at radius 3 is 2.27 bits per heavy atom. The summed E-state index contributed by atoms with van der Waals surface area (Å²) in [6, 6.07) is 11.1. The molecule has 2 aromatic rings. The zero-order valence-electron chi connectivity index (χ0n) is 11.9. The van der Waals surface area contributed by atoms with Crippen LogP contribution < -0.4 is 10.0 Å². The number of primary amides is 1. The number of carbonyl (C=O) groups excluding carboxylic acids is 1. The molecule has 2 aromatic carbocycles. The third kappa shape index (κ3) is 3.25. The molecular formula is C15H15FN2O3S. The van der Waals surface area contributed by atoms with E-state index in [0.717, 1.165) is 28.6 Å². The van der Waals surface area contributed by atoms with Crippen LogP contribution in [-0.2, 0) is 14.8 Å². The van der Waals surface area contributed by atoms with Crippen LogP contribution in [0.1, 0.15) is 5.56 Å². The Hall–Kier alpha value is -2.41. The van der Waals surface area contributed by atoms with Crippen LogP contribution >= 0.6 is 0 Å². The number of aryl methyl sites for hydroxylation is 1. The third-order valence-corrected chi connectivity index (χ3v) is 4.86. The average molecular weight is 322 g/mol. The second-order valence-corrected chi connectivity index (χ2v) is 6.58. The Morgan fingerprint density at radius 1 is 1.14 bits per heavy atom. The molecule has 0 saturated heterocycles. The summed E-state index contributed by atoms with van der Waals surface area (Å²) >= 11 is 0. The molecule has 0 unspecified atom stereocenters. The average Bonchev–Trinajstić information content (AvgIpc) is 2.46. The van der Waals surface area contributed by atoms with Crippen molar-refractivity contribution in [2.24, 2.45) is 5.73 Å². The summed E-state index contributed by atoms with van der Waals surface area (Å²) in [7, 11) is -4.02. The molecule has 5 nitrogen and oxygen atoms in total. The number of hydrogen-bond acceptors (Lipinski definition) is 3. The van der Waals surface area contributed by atoms with Crippen LogP contribution in [0.3, 0.4) is 0 Å². The summed E-state index contributed by atoms with van der Waals surface area (Å²) in [5.41, 5.74) is 6.20. The van der Waals surface area contributed by atoms with Crippen molar-refractivity contribution >= 4 is 21.6 Å². The minimum atomic E-state index is -4.02. The summed E-state index contributed by atoms with van der Waals surface area (Å²) in [5, 5.41) is 0. The minimum Gasteiger partial charge on any atom is -0.368 e. The Kier molecular flexibility index (Phi) is 4.46. The second kappa shape index (κ2) is 6.15. The number of benzene rings is 2. The Labute approximate surface area is 128 Å². The molecule has 0 aliphatic rings. The first-order chi connectivity index (χ1) is 10.3. The highest BCUT2D eigenvalue weighted by Crippen LogP contribution is 2.26. The van der Waals surface area contributed by atoms with Gasteiger partial charge in [0.05, 0.1) is 10.6 Å². The number of carbonyl (C=O) groups is 1. The minimum absolute atomic E-state index is 0.113. The summed E-state index contributed by atoms with van der Waals surface area (Å²) < 4.78 is 39.4. The van der Waals surface area contributed by atoms with E-state index < -0.39 is 28.3 Å². The summed E-state index contributed by atoms with van der Waals surface area (Å²) in [6.45, 7) is 1.23. The summed E-state index contributed by atoms with van der Waals surface area (Å²) in [6.07, 6.45) is 0. The van der Waals surface area contributed by atoms with Gasteiger partial charge < -0.3 is 5.73 Å². The fraction of sp³-hybridized carbons (Fsp3) is 0.133. The van der Waals surface area contributed by atoms with Gasteiger partial charge in [-0.1, -0.05) is 18.2 Å². The van der Waals surface area contributed by atoms with Crippen molar-refractivity contribution < 1.29 is 17.6 Å². The van der Waals surface area contributed by atoms with E-state index in [9.17, 15) is 17.6 Å². The zero-order valence-corrected chi connectivity index (χ0v) is 12.7. The largest absolute Gasteiger partial charge is 0.368 e. The van der Waals surface area contributed by atoms with Crippen LogP contribution in [0.2, 0.25) is 0 Å². The van der Waals surface area contributed by atoms with E-state index in [4.69, 9.17) is 5.73 Å². The normalized spacial score (nSPS) is 11.2. The smallest absolute Gasteiger partial charge is 0.264 e. The van der Waals surface area contributed by atoms with Gasteiger partial charge in [0.2, 0.25) is 5.91 Å². The number of nitrogens with zero attached hydrogens (tertiary/aromatic N) is 1. The van der Waals surface area contributed by atoms with Gasteiger partial charge in [0.25, 0.3) is 10.0 Å². The number of amides is 1. The van der Waals surface area contributed by atoms with Crippen molar-refractivity contribution in [2.45, 2.75) is 11.8 Å². The number of sulfonamides is 1. The zero-order chi connectivity index (χ0) is 16.3. The van der Waals surface area contributed by atoms with Crippen LogP contribution in [-0.4, -0.2) is 20.9 Å². The molecule has 0 spiro atoms.